The highest BCUT2D eigenvalue weighted by Gasteiger charge is 2.28. The molecule has 9 heteroatoms. The minimum atomic E-state index is -1.12. The van der Waals surface area contributed by atoms with E-state index in [1.165, 1.54) is 19.2 Å². The Labute approximate surface area is 152 Å². The van der Waals surface area contributed by atoms with Crippen molar-refractivity contribution in [3.8, 4) is 0 Å². The second-order valence-electron chi connectivity index (χ2n) is 5.74. The van der Waals surface area contributed by atoms with Gasteiger partial charge in [0.25, 0.3) is 5.91 Å². The highest BCUT2D eigenvalue weighted by Crippen LogP contribution is 2.20. The van der Waals surface area contributed by atoms with Crippen LogP contribution in [0.3, 0.4) is 0 Å². The molecule has 1 aromatic carbocycles. The molecule has 0 saturated carbocycles. The summed E-state index contributed by atoms with van der Waals surface area (Å²) in [4.78, 5) is 24.1. The molecular formula is C15H21BCl2N2O4. The van der Waals surface area contributed by atoms with Crippen molar-refractivity contribution < 1.29 is 19.3 Å². The van der Waals surface area contributed by atoms with Crippen LogP contribution in [0, 0.1) is 5.92 Å². The summed E-state index contributed by atoms with van der Waals surface area (Å²) in [6.45, 7) is 3.67. The molecule has 3 N–H and O–H groups in total. The Morgan fingerprint density at radius 2 is 2.00 bits per heavy atom. The van der Waals surface area contributed by atoms with E-state index in [0.717, 1.165) is 0 Å². The van der Waals surface area contributed by atoms with Crippen LogP contribution in [0.4, 0.5) is 0 Å². The first-order valence-corrected chi connectivity index (χ1v) is 8.23. The second-order valence-corrected chi connectivity index (χ2v) is 6.58. The van der Waals surface area contributed by atoms with Gasteiger partial charge in [0.2, 0.25) is 5.91 Å². The number of hydrogen-bond donors (Lipinski definition) is 3. The maximum absolute atomic E-state index is 12.1. The first kappa shape index (κ1) is 20.8. The van der Waals surface area contributed by atoms with Gasteiger partial charge in [-0.2, -0.15) is 0 Å². The van der Waals surface area contributed by atoms with Gasteiger partial charge in [0.15, 0.2) is 0 Å². The molecule has 132 valence electrons. The molecule has 0 aliphatic heterocycles. The van der Waals surface area contributed by atoms with Crippen LogP contribution in [0.2, 0.25) is 10.0 Å². The number of nitrogens with one attached hydrogen (secondary N) is 2. The van der Waals surface area contributed by atoms with E-state index < -0.39 is 24.9 Å². The molecule has 0 fully saturated rings. The summed E-state index contributed by atoms with van der Waals surface area (Å²) >= 11 is 11.8. The minimum Gasteiger partial charge on any atom is -0.426 e. The van der Waals surface area contributed by atoms with Crippen LogP contribution in [0.1, 0.15) is 30.6 Å². The highest BCUT2D eigenvalue weighted by atomic mass is 35.5. The summed E-state index contributed by atoms with van der Waals surface area (Å²) in [7, 11) is 0.238. The third kappa shape index (κ3) is 6.69. The highest BCUT2D eigenvalue weighted by molar-refractivity contribution is 6.45. The molecule has 24 heavy (non-hydrogen) atoms. The molecule has 0 heterocycles. The second kappa shape index (κ2) is 9.88. The SMILES string of the molecule is COB(O)[C@H](CC(C)C)NC(=O)CNC(=O)c1cc(Cl)ccc1Cl. The largest absolute Gasteiger partial charge is 0.477 e. The fourth-order valence-corrected chi connectivity index (χ4v) is 2.48. The number of benzene rings is 1. The number of amides is 2. The number of carbonyl (C=O) groups is 2. The van der Waals surface area contributed by atoms with E-state index in [0.29, 0.717) is 11.4 Å². The number of hydrogen-bond acceptors (Lipinski definition) is 4. The van der Waals surface area contributed by atoms with Crippen molar-refractivity contribution in [2.24, 2.45) is 5.92 Å². The third-order valence-electron chi connectivity index (χ3n) is 3.24. The molecule has 0 bridgehead atoms. The molecule has 1 aromatic rings. The zero-order chi connectivity index (χ0) is 18.3. The Kier molecular flexibility index (Phi) is 8.55. The van der Waals surface area contributed by atoms with Gasteiger partial charge in [-0.25, -0.2) is 0 Å². The van der Waals surface area contributed by atoms with E-state index in [1.54, 1.807) is 6.07 Å². The third-order valence-corrected chi connectivity index (χ3v) is 3.80. The fraction of sp³-hybridized carbons (Fsp3) is 0.467. The smallest absolute Gasteiger partial charge is 0.426 e. The van der Waals surface area contributed by atoms with Gasteiger partial charge in [0.05, 0.1) is 23.1 Å². The van der Waals surface area contributed by atoms with E-state index in [4.69, 9.17) is 27.9 Å². The topological polar surface area (TPSA) is 87.7 Å². The molecule has 0 aliphatic carbocycles. The van der Waals surface area contributed by atoms with Crippen LogP contribution in [0.5, 0.6) is 0 Å². The Hall–Kier alpha value is -1.28. The van der Waals surface area contributed by atoms with Crippen molar-refractivity contribution in [3.05, 3.63) is 33.8 Å². The average molecular weight is 375 g/mol. The van der Waals surface area contributed by atoms with Gasteiger partial charge < -0.3 is 20.3 Å². The summed E-state index contributed by atoms with van der Waals surface area (Å²) in [5.41, 5.74) is 0.188. The van der Waals surface area contributed by atoms with Gasteiger partial charge in [-0.05, 0) is 30.5 Å². The zero-order valence-electron chi connectivity index (χ0n) is 13.8. The molecule has 0 unspecified atom stereocenters. The molecule has 0 saturated heterocycles. The molecular weight excluding hydrogens is 354 g/mol. The summed E-state index contributed by atoms with van der Waals surface area (Å²) < 4.78 is 4.86. The fourth-order valence-electron chi connectivity index (χ4n) is 2.10. The van der Waals surface area contributed by atoms with Gasteiger partial charge >= 0.3 is 7.12 Å². The number of halogens is 2. The van der Waals surface area contributed by atoms with Crippen LogP contribution in [0.25, 0.3) is 0 Å². The van der Waals surface area contributed by atoms with Crippen molar-refractivity contribution in [1.29, 1.82) is 0 Å². The van der Waals surface area contributed by atoms with E-state index in [2.05, 4.69) is 10.6 Å². The Bertz CT molecular complexity index is 587. The molecule has 0 spiro atoms. The van der Waals surface area contributed by atoms with Crippen molar-refractivity contribution in [1.82, 2.24) is 10.6 Å². The van der Waals surface area contributed by atoms with Crippen LogP contribution in [-0.2, 0) is 9.45 Å². The Balaban J connectivity index is 2.60. The summed E-state index contributed by atoms with van der Waals surface area (Å²) in [5.74, 6) is -1.26. The van der Waals surface area contributed by atoms with Crippen LogP contribution in [0.15, 0.2) is 18.2 Å². The van der Waals surface area contributed by atoms with Crippen molar-refractivity contribution in [2.45, 2.75) is 26.2 Å². The predicted molar refractivity (Wildman–Crippen MR) is 95.2 cm³/mol. The summed E-state index contributed by atoms with van der Waals surface area (Å²) in [5, 5.41) is 15.5. The van der Waals surface area contributed by atoms with E-state index in [9.17, 15) is 14.6 Å². The molecule has 1 atom stereocenters. The lowest BCUT2D eigenvalue weighted by atomic mass is 9.74. The van der Waals surface area contributed by atoms with E-state index in [1.807, 2.05) is 13.8 Å². The molecule has 2 amide bonds. The quantitative estimate of drug-likeness (QED) is 0.606. The minimum absolute atomic E-state index is 0.188. The lowest BCUT2D eigenvalue weighted by molar-refractivity contribution is -0.120. The van der Waals surface area contributed by atoms with Crippen LogP contribution in [-0.4, -0.2) is 43.6 Å². The predicted octanol–water partition coefficient (Wildman–Crippen LogP) is 1.92. The van der Waals surface area contributed by atoms with E-state index in [-0.39, 0.29) is 23.0 Å². The molecule has 6 nitrogen and oxygen atoms in total. The van der Waals surface area contributed by atoms with Crippen molar-refractivity contribution in [3.63, 3.8) is 0 Å². The standard InChI is InChI=1S/C15H21BCl2N2O4/c1-9(2)6-13(16(23)24-3)20-14(21)8-19-15(22)11-7-10(17)4-5-12(11)18/h4-5,7,9,13,23H,6,8H2,1-3H3,(H,19,22)(H,20,21)/t13-/m0/s1. The molecule has 0 aromatic heterocycles. The van der Waals surface area contributed by atoms with Gasteiger partial charge in [0.1, 0.15) is 0 Å². The molecule has 1 rings (SSSR count). The van der Waals surface area contributed by atoms with Gasteiger partial charge in [-0.15, -0.1) is 0 Å². The first-order valence-electron chi connectivity index (χ1n) is 7.48. The molecule has 0 aliphatic rings. The lowest BCUT2D eigenvalue weighted by Crippen LogP contribution is -2.50. The number of rotatable bonds is 8. The number of carbonyl (C=O) groups excluding carboxylic acids is 2. The van der Waals surface area contributed by atoms with Gasteiger partial charge in [-0.1, -0.05) is 37.0 Å². The van der Waals surface area contributed by atoms with Gasteiger partial charge in [-0.3, -0.25) is 9.59 Å². The Morgan fingerprint density at radius 1 is 1.33 bits per heavy atom. The van der Waals surface area contributed by atoms with Gasteiger partial charge in [0, 0.05) is 12.1 Å². The first-order chi connectivity index (χ1) is 11.2. The van der Waals surface area contributed by atoms with Crippen LogP contribution >= 0.6 is 23.2 Å². The summed E-state index contributed by atoms with van der Waals surface area (Å²) in [6, 6.07) is 4.50. The summed E-state index contributed by atoms with van der Waals surface area (Å²) in [6.07, 6.45) is 0.537. The van der Waals surface area contributed by atoms with E-state index >= 15 is 0 Å². The normalized spacial score (nSPS) is 12.0. The average Bonchev–Trinajstić information content (AvgIpc) is 2.53. The van der Waals surface area contributed by atoms with Crippen molar-refractivity contribution >= 4 is 42.1 Å². The maximum atomic E-state index is 12.1. The van der Waals surface area contributed by atoms with Crippen LogP contribution < -0.4 is 10.6 Å². The monoisotopic (exact) mass is 374 g/mol. The maximum Gasteiger partial charge on any atom is 0.477 e. The van der Waals surface area contributed by atoms with Crippen molar-refractivity contribution in [2.75, 3.05) is 13.7 Å². The lowest BCUT2D eigenvalue weighted by Gasteiger charge is -2.21. The Morgan fingerprint density at radius 3 is 2.58 bits per heavy atom. The molecule has 0 radical (unpaired) electrons. The zero-order valence-corrected chi connectivity index (χ0v) is 15.3.